The average molecular weight is 755 g/mol. The van der Waals surface area contributed by atoms with Crippen LogP contribution in [0.5, 0.6) is 0 Å². The normalized spacial score (nSPS) is 10.8. The van der Waals surface area contributed by atoms with Crippen LogP contribution in [0.1, 0.15) is 44.5 Å². The monoisotopic (exact) mass is 754 g/mol. The number of nitrogens with zero attached hydrogens (tertiary/aromatic N) is 2. The second kappa shape index (κ2) is 17.7. The number of hydrogen-bond donors (Lipinski definition) is 0. The maximum absolute atomic E-state index is 2.34. The van der Waals surface area contributed by atoms with Crippen molar-refractivity contribution >= 4 is 34.1 Å². The quantitative estimate of drug-likeness (QED) is 0.152. The van der Waals surface area contributed by atoms with Crippen molar-refractivity contribution in [3.8, 4) is 22.3 Å². The van der Waals surface area contributed by atoms with Crippen LogP contribution in [0.2, 0.25) is 0 Å². The molecule has 8 aromatic rings. The van der Waals surface area contributed by atoms with Gasteiger partial charge in [-0.05, 0) is 195 Å². The Bertz CT molecular complexity index is 2330. The van der Waals surface area contributed by atoms with Gasteiger partial charge in [0, 0.05) is 34.1 Å². The molecule has 0 aromatic heterocycles. The molecule has 0 atom stereocenters. The largest absolute Gasteiger partial charge is 0.310 e. The van der Waals surface area contributed by atoms with E-state index in [2.05, 4.69) is 247 Å². The molecule has 0 heterocycles. The van der Waals surface area contributed by atoms with Crippen molar-refractivity contribution in [3.05, 3.63) is 226 Å². The maximum atomic E-state index is 2.34. The lowest BCUT2D eigenvalue weighted by atomic mass is 10.0. The first kappa shape index (κ1) is 39.6. The van der Waals surface area contributed by atoms with Crippen LogP contribution >= 0.6 is 0 Å². The minimum Gasteiger partial charge on any atom is -0.310 e. The lowest BCUT2D eigenvalue weighted by Crippen LogP contribution is -2.10. The molecular formula is C56H54N2. The molecule has 2 nitrogen and oxygen atoms in total. The highest BCUT2D eigenvalue weighted by atomic mass is 15.1. The van der Waals surface area contributed by atoms with Gasteiger partial charge in [0.05, 0.1) is 0 Å². The molecule has 0 spiro atoms. The maximum Gasteiger partial charge on any atom is 0.0464 e. The molecule has 8 aromatic carbocycles. The number of anilines is 6. The molecule has 0 saturated carbocycles. The molecule has 8 rings (SSSR count). The van der Waals surface area contributed by atoms with Crippen molar-refractivity contribution in [3.63, 3.8) is 0 Å². The van der Waals surface area contributed by atoms with Crippen LogP contribution in [-0.2, 0) is 0 Å². The van der Waals surface area contributed by atoms with E-state index in [4.69, 9.17) is 0 Å². The third-order valence-corrected chi connectivity index (χ3v) is 11.5. The summed E-state index contributed by atoms with van der Waals surface area (Å²) in [5.74, 6) is 0. The standard InChI is InChI=1S/2C28H27N/c2*1-20-10-14-27(18-22(20)3)29(28-15-11-21(2)23(4)19-28)26-16-12-25(13-17-26)24-8-6-5-7-9-24/h2*5-19H,1-4H3. The second-order valence-corrected chi connectivity index (χ2v) is 15.6. The zero-order chi connectivity index (χ0) is 40.8. The SMILES string of the molecule is Cc1ccc(N(c2ccc(-c3ccccc3)cc2)c2ccc(C)c(C)c2)cc1C.Cc1ccc(N(c2ccc(-c3ccccc3)cc2)c2ccc(C)c(C)c2)cc1C. The molecule has 2 heteroatoms. The van der Waals surface area contributed by atoms with Gasteiger partial charge >= 0.3 is 0 Å². The van der Waals surface area contributed by atoms with Crippen LogP contribution in [0.4, 0.5) is 34.1 Å². The Morgan fingerprint density at radius 2 is 0.431 bits per heavy atom. The minimum absolute atomic E-state index is 1.16. The zero-order valence-electron chi connectivity index (χ0n) is 35.2. The Balaban J connectivity index is 0.000000177. The van der Waals surface area contributed by atoms with E-state index in [-0.39, 0.29) is 0 Å². The van der Waals surface area contributed by atoms with Gasteiger partial charge in [-0.1, -0.05) is 109 Å². The van der Waals surface area contributed by atoms with Crippen LogP contribution in [0.15, 0.2) is 182 Å². The van der Waals surface area contributed by atoms with E-state index < -0.39 is 0 Å². The predicted molar refractivity (Wildman–Crippen MR) is 251 cm³/mol. The molecule has 0 aliphatic heterocycles. The molecule has 0 radical (unpaired) electrons. The summed E-state index contributed by atoms with van der Waals surface area (Å²) in [6, 6.07) is 65.5. The van der Waals surface area contributed by atoms with Gasteiger partial charge in [-0.25, -0.2) is 0 Å². The molecule has 288 valence electrons. The van der Waals surface area contributed by atoms with Gasteiger partial charge in [0.2, 0.25) is 0 Å². The van der Waals surface area contributed by atoms with Crippen molar-refractivity contribution in [1.82, 2.24) is 0 Å². The van der Waals surface area contributed by atoms with Crippen molar-refractivity contribution in [2.75, 3.05) is 9.80 Å². The van der Waals surface area contributed by atoms with Crippen molar-refractivity contribution in [2.45, 2.75) is 55.4 Å². The summed E-state index contributed by atoms with van der Waals surface area (Å²) in [4.78, 5) is 4.68. The first-order valence-corrected chi connectivity index (χ1v) is 20.3. The number of benzene rings is 8. The summed E-state index contributed by atoms with van der Waals surface area (Å²) in [5.41, 5.74) is 22.5. The summed E-state index contributed by atoms with van der Waals surface area (Å²) in [7, 11) is 0. The fraction of sp³-hybridized carbons (Fsp3) is 0.143. The molecule has 0 bridgehead atoms. The highest BCUT2D eigenvalue weighted by Gasteiger charge is 2.16. The van der Waals surface area contributed by atoms with Gasteiger partial charge in [0.15, 0.2) is 0 Å². The summed E-state index contributed by atoms with van der Waals surface area (Å²) in [5, 5.41) is 0. The molecule has 0 N–H and O–H groups in total. The van der Waals surface area contributed by atoms with Gasteiger partial charge < -0.3 is 9.80 Å². The minimum atomic E-state index is 1.16. The number of rotatable bonds is 8. The summed E-state index contributed by atoms with van der Waals surface area (Å²) in [6.45, 7) is 17.3. The highest BCUT2D eigenvalue weighted by Crippen LogP contribution is 2.39. The van der Waals surface area contributed by atoms with E-state index in [1.165, 1.54) is 89.5 Å². The summed E-state index contributed by atoms with van der Waals surface area (Å²) >= 11 is 0. The molecular weight excluding hydrogens is 701 g/mol. The average Bonchev–Trinajstić information content (AvgIpc) is 3.25. The summed E-state index contributed by atoms with van der Waals surface area (Å²) in [6.07, 6.45) is 0. The summed E-state index contributed by atoms with van der Waals surface area (Å²) < 4.78 is 0. The Morgan fingerprint density at radius 3 is 0.672 bits per heavy atom. The molecule has 0 aliphatic carbocycles. The Hall–Kier alpha value is -6.64. The molecule has 0 aliphatic rings. The molecule has 0 amide bonds. The van der Waals surface area contributed by atoms with Gasteiger partial charge in [-0.15, -0.1) is 0 Å². The third-order valence-electron chi connectivity index (χ3n) is 11.5. The predicted octanol–water partition coefficient (Wildman–Crippen LogP) is 16.1. The molecule has 0 saturated heterocycles. The highest BCUT2D eigenvalue weighted by molar-refractivity contribution is 5.81. The first-order chi connectivity index (χ1) is 28.0. The van der Waals surface area contributed by atoms with Gasteiger partial charge in [0.25, 0.3) is 0 Å². The van der Waals surface area contributed by atoms with Gasteiger partial charge in [0.1, 0.15) is 0 Å². The van der Waals surface area contributed by atoms with E-state index in [0.717, 1.165) is 11.4 Å². The second-order valence-electron chi connectivity index (χ2n) is 15.6. The Morgan fingerprint density at radius 1 is 0.207 bits per heavy atom. The molecule has 0 unspecified atom stereocenters. The first-order valence-electron chi connectivity index (χ1n) is 20.3. The lowest BCUT2D eigenvalue weighted by Gasteiger charge is -2.27. The van der Waals surface area contributed by atoms with Crippen LogP contribution in [0, 0.1) is 55.4 Å². The smallest absolute Gasteiger partial charge is 0.0464 e. The fourth-order valence-electron chi connectivity index (χ4n) is 7.22. The topological polar surface area (TPSA) is 6.48 Å². The molecule has 58 heavy (non-hydrogen) atoms. The van der Waals surface area contributed by atoms with Gasteiger partial charge in [-0.2, -0.15) is 0 Å². The van der Waals surface area contributed by atoms with E-state index >= 15 is 0 Å². The van der Waals surface area contributed by atoms with Gasteiger partial charge in [-0.3, -0.25) is 0 Å². The zero-order valence-corrected chi connectivity index (χ0v) is 35.2. The van der Waals surface area contributed by atoms with E-state index in [1.807, 2.05) is 0 Å². The van der Waals surface area contributed by atoms with Crippen molar-refractivity contribution in [2.24, 2.45) is 0 Å². The van der Waals surface area contributed by atoms with Crippen LogP contribution in [-0.4, -0.2) is 0 Å². The number of aryl methyl sites for hydroxylation is 8. The Labute approximate surface area is 346 Å². The number of hydrogen-bond acceptors (Lipinski definition) is 2. The van der Waals surface area contributed by atoms with E-state index in [9.17, 15) is 0 Å². The van der Waals surface area contributed by atoms with E-state index in [1.54, 1.807) is 0 Å². The third kappa shape index (κ3) is 8.98. The van der Waals surface area contributed by atoms with Crippen LogP contribution in [0.25, 0.3) is 22.3 Å². The van der Waals surface area contributed by atoms with Crippen molar-refractivity contribution in [1.29, 1.82) is 0 Å². The fourth-order valence-corrected chi connectivity index (χ4v) is 7.22. The lowest BCUT2D eigenvalue weighted by molar-refractivity contribution is 1.23. The van der Waals surface area contributed by atoms with Crippen molar-refractivity contribution < 1.29 is 0 Å². The van der Waals surface area contributed by atoms with Crippen LogP contribution in [0.3, 0.4) is 0 Å². The Kier molecular flexibility index (Phi) is 12.1. The van der Waals surface area contributed by atoms with Crippen LogP contribution < -0.4 is 9.80 Å². The van der Waals surface area contributed by atoms with E-state index in [0.29, 0.717) is 0 Å². The molecule has 0 fully saturated rings.